The zero-order chi connectivity index (χ0) is 12.2. The maximum Gasteiger partial charge on any atom is 0.331 e. The fourth-order valence-corrected chi connectivity index (χ4v) is 1.28. The molecule has 0 bridgehead atoms. The van der Waals surface area contributed by atoms with Crippen molar-refractivity contribution in [2.75, 3.05) is 0 Å². The summed E-state index contributed by atoms with van der Waals surface area (Å²) in [5.41, 5.74) is -0.490. The normalized spacial score (nSPS) is 12.6. The predicted octanol–water partition coefficient (Wildman–Crippen LogP) is 3.20. The largest absolute Gasteiger partial charge is 0.478 e. The first-order valence-corrected chi connectivity index (χ1v) is 4.85. The molecule has 0 radical (unpaired) electrons. The van der Waals surface area contributed by atoms with E-state index in [0.717, 1.165) is 0 Å². The average Bonchev–Trinajstić information content (AvgIpc) is 2.27. The molecule has 0 heterocycles. The third kappa shape index (κ3) is 2.89. The first-order chi connectivity index (χ1) is 7.47. The van der Waals surface area contributed by atoms with Crippen LogP contribution in [-0.4, -0.2) is 11.1 Å². The van der Waals surface area contributed by atoms with E-state index >= 15 is 0 Å². The van der Waals surface area contributed by atoms with Gasteiger partial charge in [-0.1, -0.05) is 37.3 Å². The molecule has 0 saturated heterocycles. The molecule has 16 heavy (non-hydrogen) atoms. The molecule has 0 aliphatic heterocycles. The SMILES string of the molecule is CCC(=CC(F)(F)c1ccccc1)C(=O)O. The number of rotatable bonds is 4. The molecule has 0 aliphatic rings. The van der Waals surface area contributed by atoms with E-state index in [9.17, 15) is 13.6 Å². The van der Waals surface area contributed by atoms with Crippen molar-refractivity contribution in [1.82, 2.24) is 0 Å². The van der Waals surface area contributed by atoms with Gasteiger partial charge in [-0.05, 0) is 12.5 Å². The number of benzene rings is 1. The summed E-state index contributed by atoms with van der Waals surface area (Å²) >= 11 is 0. The van der Waals surface area contributed by atoms with Crippen LogP contribution in [-0.2, 0) is 10.7 Å². The summed E-state index contributed by atoms with van der Waals surface area (Å²) in [6.07, 6.45) is 0.572. The van der Waals surface area contributed by atoms with Crippen LogP contribution in [0.3, 0.4) is 0 Å². The summed E-state index contributed by atoms with van der Waals surface area (Å²) in [7, 11) is 0. The summed E-state index contributed by atoms with van der Waals surface area (Å²) in [4.78, 5) is 10.6. The van der Waals surface area contributed by atoms with Crippen LogP contribution in [0, 0.1) is 0 Å². The monoisotopic (exact) mass is 226 g/mol. The van der Waals surface area contributed by atoms with Crippen molar-refractivity contribution in [1.29, 1.82) is 0 Å². The van der Waals surface area contributed by atoms with Crippen molar-refractivity contribution in [2.45, 2.75) is 19.3 Å². The molecule has 1 aromatic rings. The van der Waals surface area contributed by atoms with Gasteiger partial charge in [0.1, 0.15) is 0 Å². The summed E-state index contributed by atoms with van der Waals surface area (Å²) in [5, 5.41) is 8.68. The van der Waals surface area contributed by atoms with Gasteiger partial charge in [0.15, 0.2) is 0 Å². The first-order valence-electron chi connectivity index (χ1n) is 4.85. The van der Waals surface area contributed by atoms with Crippen LogP contribution in [0.2, 0.25) is 0 Å². The first kappa shape index (κ1) is 12.4. The average molecular weight is 226 g/mol. The molecule has 0 unspecified atom stereocenters. The van der Waals surface area contributed by atoms with Gasteiger partial charge in [-0.15, -0.1) is 0 Å². The molecule has 0 spiro atoms. The lowest BCUT2D eigenvalue weighted by atomic mass is 10.0. The van der Waals surface area contributed by atoms with E-state index in [0.29, 0.717) is 6.08 Å². The Labute approximate surface area is 92.2 Å². The van der Waals surface area contributed by atoms with Crippen LogP contribution < -0.4 is 0 Å². The topological polar surface area (TPSA) is 37.3 Å². The number of aliphatic carboxylic acids is 1. The van der Waals surface area contributed by atoms with Crippen LogP contribution >= 0.6 is 0 Å². The third-order valence-corrected chi connectivity index (χ3v) is 2.17. The van der Waals surface area contributed by atoms with E-state index in [4.69, 9.17) is 5.11 Å². The molecular formula is C12H12F2O2. The number of carbonyl (C=O) groups is 1. The lowest BCUT2D eigenvalue weighted by Crippen LogP contribution is -2.13. The highest BCUT2D eigenvalue weighted by molar-refractivity contribution is 5.86. The second kappa shape index (κ2) is 4.88. The molecule has 0 saturated carbocycles. The number of carboxylic acid groups (broad SMARTS) is 1. The van der Waals surface area contributed by atoms with Gasteiger partial charge in [0, 0.05) is 11.1 Å². The third-order valence-electron chi connectivity index (χ3n) is 2.17. The fourth-order valence-electron chi connectivity index (χ4n) is 1.28. The molecule has 0 atom stereocenters. The fraction of sp³-hybridized carbons (Fsp3) is 0.250. The molecular weight excluding hydrogens is 214 g/mol. The zero-order valence-corrected chi connectivity index (χ0v) is 8.78. The van der Waals surface area contributed by atoms with Crippen LogP contribution in [0.15, 0.2) is 42.0 Å². The Bertz CT molecular complexity index is 397. The molecule has 0 aromatic heterocycles. The van der Waals surface area contributed by atoms with Gasteiger partial charge < -0.3 is 5.11 Å². The minimum atomic E-state index is -3.25. The van der Waals surface area contributed by atoms with Crippen LogP contribution in [0.5, 0.6) is 0 Å². The number of allylic oxidation sites excluding steroid dienone is 1. The van der Waals surface area contributed by atoms with Gasteiger partial charge >= 0.3 is 5.97 Å². The lowest BCUT2D eigenvalue weighted by molar-refractivity contribution is -0.133. The highest BCUT2D eigenvalue weighted by Crippen LogP contribution is 2.30. The van der Waals surface area contributed by atoms with Gasteiger partial charge in [0.2, 0.25) is 0 Å². The van der Waals surface area contributed by atoms with Crippen LogP contribution in [0.4, 0.5) is 8.78 Å². The van der Waals surface area contributed by atoms with Crippen molar-refractivity contribution < 1.29 is 18.7 Å². The van der Waals surface area contributed by atoms with Crippen molar-refractivity contribution >= 4 is 5.97 Å². The molecule has 86 valence electrons. The number of hydrogen-bond donors (Lipinski definition) is 1. The quantitative estimate of drug-likeness (QED) is 0.800. The van der Waals surface area contributed by atoms with E-state index < -0.39 is 11.9 Å². The molecule has 0 amide bonds. The number of hydrogen-bond acceptors (Lipinski definition) is 1. The summed E-state index contributed by atoms with van der Waals surface area (Å²) < 4.78 is 27.2. The van der Waals surface area contributed by atoms with E-state index in [1.165, 1.54) is 31.2 Å². The molecule has 1 rings (SSSR count). The summed E-state index contributed by atoms with van der Waals surface area (Å²) in [6.45, 7) is 1.53. The van der Waals surface area contributed by atoms with Crippen molar-refractivity contribution in [3.63, 3.8) is 0 Å². The summed E-state index contributed by atoms with van der Waals surface area (Å²) in [6, 6.07) is 7.14. The lowest BCUT2D eigenvalue weighted by Gasteiger charge is -2.13. The second-order valence-corrected chi connectivity index (χ2v) is 3.32. The minimum Gasteiger partial charge on any atom is -0.478 e. The predicted molar refractivity (Wildman–Crippen MR) is 56.3 cm³/mol. The van der Waals surface area contributed by atoms with Crippen LogP contribution in [0.1, 0.15) is 18.9 Å². The van der Waals surface area contributed by atoms with E-state index in [1.807, 2.05) is 0 Å². The Balaban J connectivity index is 3.07. The highest BCUT2D eigenvalue weighted by Gasteiger charge is 2.29. The van der Waals surface area contributed by atoms with Gasteiger partial charge in [-0.2, -0.15) is 8.78 Å². The Hall–Kier alpha value is -1.71. The number of carboxylic acids is 1. The van der Waals surface area contributed by atoms with Crippen molar-refractivity contribution in [3.05, 3.63) is 47.5 Å². The van der Waals surface area contributed by atoms with Crippen molar-refractivity contribution in [2.24, 2.45) is 0 Å². The number of alkyl halides is 2. The van der Waals surface area contributed by atoms with Gasteiger partial charge in [0.05, 0.1) is 0 Å². The Morgan fingerprint density at radius 3 is 2.38 bits per heavy atom. The van der Waals surface area contributed by atoms with E-state index in [2.05, 4.69) is 0 Å². The van der Waals surface area contributed by atoms with Gasteiger partial charge in [-0.25, -0.2) is 4.79 Å². The maximum atomic E-state index is 13.6. The minimum absolute atomic E-state index is 0.0672. The molecule has 0 fully saturated rings. The van der Waals surface area contributed by atoms with Crippen LogP contribution in [0.25, 0.3) is 0 Å². The summed E-state index contributed by atoms with van der Waals surface area (Å²) in [5.74, 6) is -4.55. The Kier molecular flexibility index (Phi) is 3.77. The van der Waals surface area contributed by atoms with E-state index in [1.54, 1.807) is 6.07 Å². The van der Waals surface area contributed by atoms with E-state index in [-0.39, 0.29) is 17.6 Å². The molecule has 1 N–H and O–H groups in total. The Morgan fingerprint density at radius 1 is 1.38 bits per heavy atom. The smallest absolute Gasteiger partial charge is 0.331 e. The molecule has 2 nitrogen and oxygen atoms in total. The molecule has 1 aromatic carbocycles. The van der Waals surface area contributed by atoms with Gasteiger partial charge in [-0.3, -0.25) is 0 Å². The molecule has 4 heteroatoms. The maximum absolute atomic E-state index is 13.6. The van der Waals surface area contributed by atoms with Crippen molar-refractivity contribution in [3.8, 4) is 0 Å². The zero-order valence-electron chi connectivity index (χ0n) is 8.78. The molecule has 0 aliphatic carbocycles. The Morgan fingerprint density at radius 2 is 1.94 bits per heavy atom. The standard InChI is InChI=1S/C12H12F2O2/c1-2-9(11(15)16)8-12(13,14)10-6-4-3-5-7-10/h3-8H,2H2,1H3,(H,15,16). The second-order valence-electron chi connectivity index (χ2n) is 3.32. The van der Waals surface area contributed by atoms with Gasteiger partial charge in [0.25, 0.3) is 5.92 Å². The highest BCUT2D eigenvalue weighted by atomic mass is 19.3. The number of halogens is 2.